The maximum atomic E-state index is 11.7. The van der Waals surface area contributed by atoms with Crippen LogP contribution in [0, 0.1) is 0 Å². The Morgan fingerprint density at radius 2 is 1.77 bits per heavy atom. The Bertz CT molecular complexity index is 585. The molecule has 2 rings (SSSR count). The van der Waals surface area contributed by atoms with Crippen molar-refractivity contribution >= 4 is 6.03 Å². The number of benzene rings is 2. The van der Waals surface area contributed by atoms with Crippen molar-refractivity contribution in [2.45, 2.75) is 19.4 Å². The number of hydrogen-bond acceptors (Lipinski definition) is 2. The van der Waals surface area contributed by atoms with E-state index < -0.39 is 0 Å². The van der Waals surface area contributed by atoms with Crippen molar-refractivity contribution < 1.29 is 9.53 Å². The van der Waals surface area contributed by atoms with E-state index in [1.54, 1.807) is 7.11 Å². The van der Waals surface area contributed by atoms with E-state index in [1.807, 2.05) is 42.5 Å². The largest absolute Gasteiger partial charge is 0.497 e. The highest BCUT2D eigenvalue weighted by molar-refractivity contribution is 5.73. The highest BCUT2D eigenvalue weighted by Crippen LogP contribution is 2.11. The van der Waals surface area contributed by atoms with Gasteiger partial charge in [-0.05, 0) is 36.1 Å². The number of nitrogens with one attached hydrogen (secondary N) is 2. The Labute approximate surface area is 131 Å². The fourth-order valence-electron chi connectivity index (χ4n) is 2.17. The number of hydrogen-bond donors (Lipinski definition) is 2. The van der Waals surface area contributed by atoms with Gasteiger partial charge in [-0.1, -0.05) is 42.5 Å². The standard InChI is InChI=1S/C18H22N2O2/c1-22-17-11-5-9-16(13-17)14-20-18(21)19-12-6-10-15-7-3-2-4-8-15/h2-5,7-9,11,13H,6,10,12,14H2,1H3,(H2,19,20,21). The molecule has 116 valence electrons. The lowest BCUT2D eigenvalue weighted by Gasteiger charge is -2.08. The SMILES string of the molecule is COc1cccc(CNC(=O)NCCCc2ccccc2)c1. The van der Waals surface area contributed by atoms with Crippen LogP contribution < -0.4 is 15.4 Å². The van der Waals surface area contributed by atoms with Gasteiger partial charge in [0.25, 0.3) is 0 Å². The first-order valence-corrected chi connectivity index (χ1v) is 7.46. The minimum atomic E-state index is -0.143. The smallest absolute Gasteiger partial charge is 0.315 e. The molecule has 0 aliphatic rings. The van der Waals surface area contributed by atoms with E-state index in [9.17, 15) is 4.79 Å². The molecule has 0 radical (unpaired) electrons. The zero-order valence-electron chi connectivity index (χ0n) is 12.8. The van der Waals surface area contributed by atoms with Gasteiger partial charge in [-0.2, -0.15) is 0 Å². The summed E-state index contributed by atoms with van der Waals surface area (Å²) in [7, 11) is 1.63. The highest BCUT2D eigenvalue weighted by atomic mass is 16.5. The third-order valence-corrected chi connectivity index (χ3v) is 3.36. The predicted molar refractivity (Wildman–Crippen MR) is 88.0 cm³/mol. The van der Waals surface area contributed by atoms with Crippen molar-refractivity contribution in [1.29, 1.82) is 0 Å². The number of ether oxygens (including phenoxy) is 1. The molecule has 0 bridgehead atoms. The molecule has 2 aromatic rings. The summed E-state index contributed by atoms with van der Waals surface area (Å²) in [5.41, 5.74) is 2.31. The number of carbonyl (C=O) groups is 1. The van der Waals surface area contributed by atoms with E-state index in [4.69, 9.17) is 4.74 Å². The highest BCUT2D eigenvalue weighted by Gasteiger charge is 2.01. The third kappa shape index (κ3) is 5.48. The molecule has 0 unspecified atom stereocenters. The molecule has 0 saturated heterocycles. The summed E-state index contributed by atoms with van der Waals surface area (Å²) in [4.78, 5) is 11.7. The van der Waals surface area contributed by atoms with Gasteiger partial charge in [0.05, 0.1) is 7.11 Å². The van der Waals surface area contributed by atoms with Gasteiger partial charge in [0.1, 0.15) is 5.75 Å². The molecule has 0 aromatic heterocycles. The maximum Gasteiger partial charge on any atom is 0.315 e. The molecule has 0 aliphatic heterocycles. The lowest BCUT2D eigenvalue weighted by Crippen LogP contribution is -2.35. The molecule has 22 heavy (non-hydrogen) atoms. The van der Waals surface area contributed by atoms with Crippen molar-refractivity contribution in [3.05, 3.63) is 65.7 Å². The first kappa shape index (κ1) is 15.9. The zero-order chi connectivity index (χ0) is 15.6. The normalized spacial score (nSPS) is 10.0. The molecule has 2 amide bonds. The first-order chi connectivity index (χ1) is 10.8. The fraction of sp³-hybridized carbons (Fsp3) is 0.278. The summed E-state index contributed by atoms with van der Waals surface area (Å²) in [6.07, 6.45) is 1.90. The van der Waals surface area contributed by atoms with E-state index in [0.717, 1.165) is 24.2 Å². The zero-order valence-corrected chi connectivity index (χ0v) is 12.8. The van der Waals surface area contributed by atoms with Crippen LogP contribution in [0.25, 0.3) is 0 Å². The van der Waals surface area contributed by atoms with Crippen molar-refractivity contribution in [3.8, 4) is 5.75 Å². The molecule has 0 heterocycles. The molecular formula is C18H22N2O2. The second-order valence-electron chi connectivity index (χ2n) is 5.05. The molecular weight excluding hydrogens is 276 g/mol. The number of urea groups is 1. The van der Waals surface area contributed by atoms with Gasteiger partial charge in [0.15, 0.2) is 0 Å². The molecule has 0 atom stereocenters. The Balaban J connectivity index is 1.63. The summed E-state index contributed by atoms with van der Waals surface area (Å²) in [5.74, 6) is 0.794. The van der Waals surface area contributed by atoms with Crippen LogP contribution in [0.1, 0.15) is 17.5 Å². The van der Waals surface area contributed by atoms with Crippen molar-refractivity contribution in [2.75, 3.05) is 13.7 Å². The van der Waals surface area contributed by atoms with Gasteiger partial charge in [-0.15, -0.1) is 0 Å². The fourth-order valence-corrected chi connectivity index (χ4v) is 2.17. The van der Waals surface area contributed by atoms with Crippen LogP contribution in [-0.2, 0) is 13.0 Å². The Morgan fingerprint density at radius 3 is 2.55 bits per heavy atom. The van der Waals surface area contributed by atoms with Crippen LogP contribution in [0.15, 0.2) is 54.6 Å². The average Bonchev–Trinajstić information content (AvgIpc) is 2.58. The van der Waals surface area contributed by atoms with Gasteiger partial charge < -0.3 is 15.4 Å². The quantitative estimate of drug-likeness (QED) is 0.772. The Morgan fingerprint density at radius 1 is 1.00 bits per heavy atom. The summed E-state index contributed by atoms with van der Waals surface area (Å²) in [6.45, 7) is 1.15. The van der Waals surface area contributed by atoms with E-state index in [2.05, 4.69) is 22.8 Å². The molecule has 0 fully saturated rings. The average molecular weight is 298 g/mol. The second kappa shape index (κ2) is 8.72. The molecule has 2 N–H and O–H groups in total. The van der Waals surface area contributed by atoms with Gasteiger partial charge in [0, 0.05) is 13.1 Å². The first-order valence-electron chi connectivity index (χ1n) is 7.46. The Hall–Kier alpha value is -2.49. The van der Waals surface area contributed by atoms with Crippen LogP contribution in [0.5, 0.6) is 5.75 Å². The molecule has 4 nitrogen and oxygen atoms in total. The second-order valence-corrected chi connectivity index (χ2v) is 5.05. The molecule has 0 saturated carbocycles. The number of aryl methyl sites for hydroxylation is 1. The van der Waals surface area contributed by atoms with E-state index >= 15 is 0 Å². The molecule has 4 heteroatoms. The summed E-state index contributed by atoms with van der Waals surface area (Å²) in [6, 6.07) is 17.8. The Kier molecular flexibility index (Phi) is 6.30. The van der Waals surface area contributed by atoms with Crippen molar-refractivity contribution in [2.24, 2.45) is 0 Å². The van der Waals surface area contributed by atoms with Crippen LogP contribution in [0.2, 0.25) is 0 Å². The van der Waals surface area contributed by atoms with E-state index in [0.29, 0.717) is 13.1 Å². The predicted octanol–water partition coefficient (Wildman–Crippen LogP) is 3.13. The van der Waals surface area contributed by atoms with Gasteiger partial charge >= 0.3 is 6.03 Å². The van der Waals surface area contributed by atoms with Crippen molar-refractivity contribution in [1.82, 2.24) is 10.6 Å². The third-order valence-electron chi connectivity index (χ3n) is 3.36. The van der Waals surface area contributed by atoms with Crippen LogP contribution >= 0.6 is 0 Å². The topological polar surface area (TPSA) is 50.4 Å². The number of rotatable bonds is 7. The number of amides is 2. The molecule has 2 aromatic carbocycles. The van der Waals surface area contributed by atoms with Crippen LogP contribution in [0.4, 0.5) is 4.79 Å². The van der Waals surface area contributed by atoms with Crippen LogP contribution in [0.3, 0.4) is 0 Å². The molecule has 0 aliphatic carbocycles. The molecule has 0 spiro atoms. The van der Waals surface area contributed by atoms with Gasteiger partial charge in [-0.3, -0.25) is 0 Å². The van der Waals surface area contributed by atoms with E-state index in [-0.39, 0.29) is 6.03 Å². The number of methoxy groups -OCH3 is 1. The summed E-state index contributed by atoms with van der Waals surface area (Å²) < 4.78 is 5.15. The summed E-state index contributed by atoms with van der Waals surface area (Å²) >= 11 is 0. The maximum absolute atomic E-state index is 11.7. The summed E-state index contributed by atoms with van der Waals surface area (Å²) in [5, 5.41) is 5.71. The van der Waals surface area contributed by atoms with Gasteiger partial charge in [-0.25, -0.2) is 4.79 Å². The van der Waals surface area contributed by atoms with E-state index in [1.165, 1.54) is 5.56 Å². The lowest BCUT2D eigenvalue weighted by atomic mass is 10.1. The minimum Gasteiger partial charge on any atom is -0.497 e. The monoisotopic (exact) mass is 298 g/mol. The minimum absolute atomic E-state index is 0.143. The van der Waals surface area contributed by atoms with Crippen LogP contribution in [-0.4, -0.2) is 19.7 Å². The van der Waals surface area contributed by atoms with Crippen molar-refractivity contribution in [3.63, 3.8) is 0 Å². The van der Waals surface area contributed by atoms with Gasteiger partial charge in [0.2, 0.25) is 0 Å². The lowest BCUT2D eigenvalue weighted by molar-refractivity contribution is 0.240. The number of carbonyl (C=O) groups excluding carboxylic acids is 1.